The van der Waals surface area contributed by atoms with Gasteiger partial charge in [0.25, 0.3) is 0 Å². The van der Waals surface area contributed by atoms with Crippen LogP contribution in [0.2, 0.25) is 0 Å². The molecular formula is C110H124N28O7. The van der Waals surface area contributed by atoms with Crippen LogP contribution in [0.4, 0.5) is 86.6 Å². The first kappa shape index (κ1) is 106. The Labute approximate surface area is 848 Å². The van der Waals surface area contributed by atoms with Gasteiger partial charge in [0.15, 0.2) is 0 Å². The highest BCUT2D eigenvalue weighted by molar-refractivity contribution is 5.82. The lowest BCUT2D eigenvalue weighted by atomic mass is 9.89. The fraction of sp³-hybridized carbons (Fsp3) is 0.355. The molecule has 2 aromatic carbocycles. The molecule has 5 fully saturated rings. The van der Waals surface area contributed by atoms with Crippen molar-refractivity contribution in [2.75, 3.05) is 166 Å². The van der Waals surface area contributed by atoms with Crippen LogP contribution in [0.5, 0.6) is 11.5 Å². The second-order valence-electron chi connectivity index (χ2n) is 35.0. The third kappa shape index (κ3) is 35.2. The Kier molecular flexibility index (Phi) is 41.7. The summed E-state index contributed by atoms with van der Waals surface area (Å²) in [5, 5.41) is 71.6. The Bertz CT molecular complexity index is 6260. The molecule has 10 aromatic heterocycles. The van der Waals surface area contributed by atoms with Gasteiger partial charge >= 0.3 is 0 Å². The van der Waals surface area contributed by atoms with Gasteiger partial charge in [0.2, 0.25) is 0 Å². The third-order valence-corrected chi connectivity index (χ3v) is 23.8. The van der Waals surface area contributed by atoms with Gasteiger partial charge in [-0.25, -0.2) is 74.8 Å². The van der Waals surface area contributed by atoms with E-state index >= 15 is 0 Å². The molecular weight excluding hydrogens is 1830 g/mol. The van der Waals surface area contributed by atoms with Gasteiger partial charge in [0.05, 0.1) is 124 Å². The van der Waals surface area contributed by atoms with Crippen LogP contribution in [0.25, 0.3) is 22.3 Å². The van der Waals surface area contributed by atoms with Crippen LogP contribution in [0.3, 0.4) is 0 Å². The SMILES string of the molecule is C#Cc1cnc(Nc2cc(NCC3CCCCC3)c(C#CC(C)(C)O)cn2)cn1.C#Cc1cnc(Nc2cc(NCC3CCCCC3)c(C#CCO)cn2)cn1.C#Cc1cnc(Nc2cc(NCC3CCNCC3)c(CCCO)cn2)cn1.C#Cc1cnc(Nc2cc(NC[C@@H]3CNCCO3)c(-c3ccc(OC)cc3)cn2)cn1.C#Cc1cnc(Nc2cc(NC[C@H]3CNCCO3)c(-c3ccc(OC)cc3)cn2)cn1. The quantitative estimate of drug-likeness (QED) is 0.0174. The molecule has 13 heterocycles. The summed E-state index contributed by atoms with van der Waals surface area (Å²) in [6.07, 6.45) is 68.1. The van der Waals surface area contributed by atoms with Crippen molar-refractivity contribution in [3.63, 3.8) is 0 Å². The van der Waals surface area contributed by atoms with Gasteiger partial charge < -0.3 is 103 Å². The Balaban J connectivity index is 0.000000152. The van der Waals surface area contributed by atoms with E-state index in [1.807, 2.05) is 97.5 Å². The number of anilines is 15. The maximum absolute atomic E-state index is 9.94. The van der Waals surface area contributed by atoms with Gasteiger partial charge in [-0.2, -0.15) is 0 Å². The molecule has 746 valence electrons. The lowest BCUT2D eigenvalue weighted by Gasteiger charge is -2.25. The lowest BCUT2D eigenvalue weighted by molar-refractivity contribution is 0.0371. The number of benzene rings is 2. The van der Waals surface area contributed by atoms with Crippen LogP contribution in [0.1, 0.15) is 142 Å². The van der Waals surface area contributed by atoms with Gasteiger partial charge in [0.1, 0.15) is 110 Å². The van der Waals surface area contributed by atoms with Gasteiger partial charge in [-0.05, 0) is 167 Å². The molecule has 17 rings (SSSR count). The van der Waals surface area contributed by atoms with Gasteiger partial charge in [-0.15, -0.1) is 32.1 Å². The fourth-order valence-corrected chi connectivity index (χ4v) is 16.0. The number of pyridine rings is 5. The molecule has 35 nitrogen and oxygen atoms in total. The molecule has 0 bridgehead atoms. The van der Waals surface area contributed by atoms with Crippen molar-refractivity contribution in [1.29, 1.82) is 0 Å². The molecule has 0 amide bonds. The molecule has 0 spiro atoms. The van der Waals surface area contributed by atoms with Crippen molar-refractivity contribution in [3.8, 4) is 119 Å². The maximum atomic E-state index is 9.94. The molecule has 16 N–H and O–H groups in total. The van der Waals surface area contributed by atoms with Crippen molar-refractivity contribution >= 4 is 86.6 Å². The first-order chi connectivity index (χ1) is 71.0. The number of hydrogen-bond donors (Lipinski definition) is 16. The largest absolute Gasteiger partial charge is 0.497 e. The summed E-state index contributed by atoms with van der Waals surface area (Å²) >= 11 is 0. The number of rotatable bonds is 32. The zero-order valence-electron chi connectivity index (χ0n) is 82.1. The molecule has 0 unspecified atom stereocenters. The number of terminal acetylenes is 5. The standard InChI is InChI=1S/2C23H24N6O2.C23H27N5O.C21H23N5O.C20H26N6O/c2*1-3-17-11-27-23(15-25-17)29-22-10-21(26-13-19-12-24-8-9-31-19)20(14-28-22)16-4-6-18(30-2)7-5-16;1-4-19-15-27-22(16-24-19)28-21-12-20(25-13-17-8-6-5-7-9-17)18(14-26-21)10-11-23(2,3)29;1-2-18-14-25-21(15-22-18)26-20-11-19(17(13-24-20)9-6-10-27)23-12-16-7-4-3-5-8-16;1-2-17-13-25-20(14-22-17)26-19-10-18(16(12-24-19)4-3-9-27)23-11-15-5-7-21-8-6-15/h2*1,4-7,10-11,14-15,19,24H,8-9,12-13H2,2H3,(H2,26,27,28,29);1,12,14-17,29H,5-9,13H2,2-3H3,(H2,25,26,27,28);1,11,13-16,27H,3-5,7-8,10,12H2,(H2,23,24,25,26);1,10,12-15,21,27H,3-9,11H2,(H2,23,24,25,26)/t2*19-;;;/m10.../s1. The first-order valence-electron chi connectivity index (χ1n) is 48.6. The second-order valence-corrected chi connectivity index (χ2v) is 35.0. The summed E-state index contributed by atoms with van der Waals surface area (Å²) in [6, 6.07) is 25.5. The Morgan fingerprint density at radius 1 is 0.372 bits per heavy atom. The van der Waals surface area contributed by atoms with E-state index in [-0.39, 0.29) is 25.4 Å². The summed E-state index contributed by atoms with van der Waals surface area (Å²) < 4.78 is 22.2. The minimum Gasteiger partial charge on any atom is -0.497 e. The lowest BCUT2D eigenvalue weighted by Crippen LogP contribution is -2.42. The Morgan fingerprint density at radius 3 is 1.05 bits per heavy atom. The van der Waals surface area contributed by atoms with E-state index in [1.54, 1.807) is 90.0 Å². The van der Waals surface area contributed by atoms with E-state index in [0.717, 1.165) is 151 Å². The normalized spacial score (nSPS) is 14.9. The van der Waals surface area contributed by atoms with Gasteiger partial charge in [-0.1, -0.05) is 86.5 Å². The summed E-state index contributed by atoms with van der Waals surface area (Å²) in [5.74, 6) is 33.5. The Morgan fingerprint density at radius 2 is 0.710 bits per heavy atom. The number of piperidine rings is 1. The van der Waals surface area contributed by atoms with E-state index in [0.29, 0.717) is 131 Å². The third-order valence-electron chi connectivity index (χ3n) is 23.8. The number of morpholine rings is 2. The van der Waals surface area contributed by atoms with Crippen LogP contribution in [-0.2, 0) is 15.9 Å². The zero-order valence-corrected chi connectivity index (χ0v) is 82.1. The molecule has 0 radical (unpaired) electrons. The molecule has 35 heteroatoms. The molecule has 3 saturated heterocycles. The number of aliphatic hydroxyl groups excluding tert-OH is 2. The molecule has 5 aliphatic rings. The number of aromatic nitrogens is 15. The van der Waals surface area contributed by atoms with Crippen LogP contribution >= 0.6 is 0 Å². The number of methoxy groups -OCH3 is 2. The number of aliphatic hydroxyl groups is 3. The smallest absolute Gasteiger partial charge is 0.150 e. The van der Waals surface area contributed by atoms with Crippen molar-refractivity contribution in [1.82, 2.24) is 90.7 Å². The van der Waals surface area contributed by atoms with Crippen molar-refractivity contribution < 1.29 is 34.3 Å². The van der Waals surface area contributed by atoms with E-state index in [4.69, 9.17) is 61.3 Å². The van der Waals surface area contributed by atoms with Crippen molar-refractivity contribution in [2.45, 2.75) is 122 Å². The highest BCUT2D eigenvalue weighted by Gasteiger charge is 2.23. The van der Waals surface area contributed by atoms with Gasteiger partial charge in [-0.3, -0.25) is 0 Å². The summed E-state index contributed by atoms with van der Waals surface area (Å²) in [5.41, 5.74) is 12.7. The van der Waals surface area contributed by atoms with Crippen molar-refractivity contribution in [3.05, 3.63) is 217 Å². The Hall–Kier alpha value is -16.2. The van der Waals surface area contributed by atoms with E-state index in [2.05, 4.69) is 197 Å². The highest BCUT2D eigenvalue weighted by Crippen LogP contribution is 2.36. The summed E-state index contributed by atoms with van der Waals surface area (Å²) in [6.45, 7) is 14.4. The average Bonchev–Trinajstić information content (AvgIpc) is 0.820. The number of hydrogen-bond acceptors (Lipinski definition) is 35. The molecule has 2 aliphatic carbocycles. The minimum atomic E-state index is -1.06. The molecule has 3 aliphatic heterocycles. The highest BCUT2D eigenvalue weighted by atomic mass is 16.5. The zero-order chi connectivity index (χ0) is 101. The van der Waals surface area contributed by atoms with Crippen molar-refractivity contribution in [2.24, 2.45) is 17.8 Å². The van der Waals surface area contributed by atoms with Crippen LogP contribution in [0.15, 0.2) is 172 Å². The van der Waals surface area contributed by atoms with Crippen LogP contribution in [0, 0.1) is 103 Å². The summed E-state index contributed by atoms with van der Waals surface area (Å²) in [7, 11) is 3.31. The van der Waals surface area contributed by atoms with E-state index < -0.39 is 5.60 Å². The predicted octanol–water partition coefficient (Wildman–Crippen LogP) is 13.9. The molecule has 2 saturated carbocycles. The van der Waals surface area contributed by atoms with E-state index in [9.17, 15) is 5.11 Å². The van der Waals surface area contributed by atoms with Crippen LogP contribution in [-0.4, -0.2) is 221 Å². The number of ether oxygens (including phenoxy) is 4. The summed E-state index contributed by atoms with van der Waals surface area (Å²) in [4.78, 5) is 64.4. The topological polar surface area (TPSA) is 447 Å². The maximum Gasteiger partial charge on any atom is 0.150 e. The predicted molar refractivity (Wildman–Crippen MR) is 570 cm³/mol. The second kappa shape index (κ2) is 57.0. The minimum absolute atomic E-state index is 0.101. The molecule has 2 atom stereocenters. The molecule has 12 aromatic rings. The number of aryl methyl sites for hydroxylation is 1. The average molecular weight is 1950 g/mol. The number of nitrogens with zero attached hydrogens (tertiary/aromatic N) is 15. The fourth-order valence-electron chi connectivity index (χ4n) is 16.0. The number of nitrogens with one attached hydrogen (secondary N) is 13. The molecule has 145 heavy (non-hydrogen) atoms. The first-order valence-corrected chi connectivity index (χ1v) is 48.6. The van der Waals surface area contributed by atoms with Gasteiger partial charge in [0, 0.05) is 155 Å². The van der Waals surface area contributed by atoms with Crippen LogP contribution < -0.4 is 78.6 Å². The monoisotopic (exact) mass is 1950 g/mol. The van der Waals surface area contributed by atoms with E-state index in [1.165, 1.54) is 89.4 Å².